The van der Waals surface area contributed by atoms with Crippen molar-refractivity contribution in [1.82, 2.24) is 0 Å². The maximum absolute atomic E-state index is 12.5. The highest BCUT2D eigenvalue weighted by atomic mass is 32.2. The molecular formula is C17H26O3S. The van der Waals surface area contributed by atoms with Gasteiger partial charge in [0, 0.05) is 0 Å². The van der Waals surface area contributed by atoms with Crippen molar-refractivity contribution >= 4 is 10.1 Å². The third kappa shape index (κ3) is 4.07. The van der Waals surface area contributed by atoms with Crippen LogP contribution in [-0.2, 0) is 14.3 Å². The predicted octanol–water partition coefficient (Wildman–Crippen LogP) is 4.16. The Bertz CT molecular complexity index is 560. The summed E-state index contributed by atoms with van der Waals surface area (Å²) >= 11 is 0. The molecule has 0 aromatic heterocycles. The van der Waals surface area contributed by atoms with Gasteiger partial charge in [-0.2, -0.15) is 8.42 Å². The fourth-order valence-electron chi connectivity index (χ4n) is 3.15. The lowest BCUT2D eigenvalue weighted by atomic mass is 9.75. The molecule has 0 radical (unpaired) electrons. The minimum absolute atomic E-state index is 0.194. The molecule has 0 N–H and O–H groups in total. The lowest BCUT2D eigenvalue weighted by molar-refractivity contribution is 0.0511. The third-order valence-corrected chi connectivity index (χ3v) is 5.87. The van der Waals surface area contributed by atoms with Crippen LogP contribution in [0.15, 0.2) is 29.2 Å². The summed E-state index contributed by atoms with van der Waals surface area (Å²) in [5, 5.41) is 0. The Morgan fingerprint density at radius 1 is 1.14 bits per heavy atom. The Morgan fingerprint density at radius 3 is 2.33 bits per heavy atom. The van der Waals surface area contributed by atoms with Crippen molar-refractivity contribution in [1.29, 1.82) is 0 Å². The van der Waals surface area contributed by atoms with Gasteiger partial charge < -0.3 is 0 Å². The number of benzene rings is 1. The van der Waals surface area contributed by atoms with Crippen molar-refractivity contribution in [3.05, 3.63) is 29.8 Å². The van der Waals surface area contributed by atoms with Crippen molar-refractivity contribution in [2.45, 2.75) is 58.0 Å². The highest BCUT2D eigenvalue weighted by Crippen LogP contribution is 2.36. The van der Waals surface area contributed by atoms with E-state index < -0.39 is 10.1 Å². The number of rotatable bonds is 4. The molecule has 1 aliphatic rings. The summed E-state index contributed by atoms with van der Waals surface area (Å²) in [6.07, 6.45) is 2.84. The van der Waals surface area contributed by atoms with Gasteiger partial charge in [-0.05, 0) is 49.7 Å². The zero-order valence-corrected chi connectivity index (χ0v) is 14.2. The van der Waals surface area contributed by atoms with E-state index in [1.807, 2.05) is 6.92 Å². The second kappa shape index (κ2) is 6.49. The molecule has 1 saturated carbocycles. The van der Waals surface area contributed by atoms with Crippen LogP contribution < -0.4 is 0 Å². The van der Waals surface area contributed by atoms with Gasteiger partial charge in [0.05, 0.1) is 11.0 Å². The van der Waals surface area contributed by atoms with Crippen molar-refractivity contribution in [3.63, 3.8) is 0 Å². The Balaban J connectivity index is 2.19. The van der Waals surface area contributed by atoms with Gasteiger partial charge in [0.1, 0.15) is 0 Å². The predicted molar refractivity (Wildman–Crippen MR) is 84.6 cm³/mol. The first kappa shape index (κ1) is 16.5. The number of aryl methyl sites for hydroxylation is 1. The normalized spacial score (nSPS) is 27.0. The second-order valence-corrected chi connectivity index (χ2v) is 8.30. The molecule has 0 spiro atoms. The van der Waals surface area contributed by atoms with Gasteiger partial charge in [0.15, 0.2) is 0 Å². The van der Waals surface area contributed by atoms with Gasteiger partial charge in [0.25, 0.3) is 10.1 Å². The minimum Gasteiger partial charge on any atom is -0.263 e. The Morgan fingerprint density at radius 2 is 1.76 bits per heavy atom. The Kier molecular flexibility index (Phi) is 5.10. The molecule has 1 fully saturated rings. The highest BCUT2D eigenvalue weighted by molar-refractivity contribution is 7.86. The zero-order chi connectivity index (χ0) is 15.6. The monoisotopic (exact) mass is 310 g/mol. The maximum Gasteiger partial charge on any atom is 0.297 e. The molecule has 21 heavy (non-hydrogen) atoms. The van der Waals surface area contributed by atoms with Crippen LogP contribution in [0.3, 0.4) is 0 Å². The largest absolute Gasteiger partial charge is 0.297 e. The molecule has 1 aromatic carbocycles. The average molecular weight is 310 g/mol. The molecule has 4 heteroatoms. The summed E-state index contributed by atoms with van der Waals surface area (Å²) < 4.78 is 30.5. The first-order valence-electron chi connectivity index (χ1n) is 7.79. The van der Waals surface area contributed by atoms with Gasteiger partial charge >= 0.3 is 0 Å². The quantitative estimate of drug-likeness (QED) is 0.784. The molecular weight excluding hydrogens is 284 g/mol. The molecule has 118 valence electrons. The number of hydrogen-bond donors (Lipinski definition) is 0. The standard InChI is InChI=1S/C17H26O3S/c1-12(2)16-10-7-14(4)11-17(16)20-21(18,19)15-8-5-13(3)6-9-15/h5-6,8-9,12,14,16-17H,7,10-11H2,1-4H3/t14?,16?,17-/m1/s1. The molecule has 2 unspecified atom stereocenters. The topological polar surface area (TPSA) is 43.4 Å². The lowest BCUT2D eigenvalue weighted by Crippen LogP contribution is -2.35. The minimum atomic E-state index is -3.67. The van der Waals surface area contributed by atoms with E-state index in [-0.39, 0.29) is 11.0 Å². The molecule has 3 atom stereocenters. The first-order valence-corrected chi connectivity index (χ1v) is 9.20. The van der Waals surface area contributed by atoms with Crippen LogP contribution in [-0.4, -0.2) is 14.5 Å². The molecule has 0 heterocycles. The molecule has 2 rings (SSSR count). The third-order valence-electron chi connectivity index (χ3n) is 4.52. The van der Waals surface area contributed by atoms with Crippen molar-refractivity contribution in [3.8, 4) is 0 Å². The fourth-order valence-corrected chi connectivity index (χ4v) is 4.28. The molecule has 0 bridgehead atoms. The smallest absolute Gasteiger partial charge is 0.263 e. The van der Waals surface area contributed by atoms with E-state index in [0.29, 0.717) is 17.8 Å². The van der Waals surface area contributed by atoms with Gasteiger partial charge in [-0.25, -0.2) is 0 Å². The van der Waals surface area contributed by atoms with E-state index in [2.05, 4.69) is 20.8 Å². The summed E-state index contributed by atoms with van der Waals surface area (Å²) in [7, 11) is -3.67. The van der Waals surface area contributed by atoms with Gasteiger partial charge in [-0.15, -0.1) is 0 Å². The summed E-state index contributed by atoms with van der Waals surface area (Å²) in [6, 6.07) is 6.86. The van der Waals surface area contributed by atoms with Gasteiger partial charge in [0.2, 0.25) is 0 Å². The van der Waals surface area contributed by atoms with Gasteiger partial charge in [-0.1, -0.05) is 44.9 Å². The average Bonchev–Trinajstić information content (AvgIpc) is 2.38. The first-order chi connectivity index (χ1) is 9.79. The SMILES string of the molecule is Cc1ccc(S(=O)(=O)O[C@@H]2CC(C)CCC2C(C)C)cc1. The van der Waals surface area contributed by atoms with Crippen molar-refractivity contribution < 1.29 is 12.6 Å². The van der Waals surface area contributed by atoms with Crippen LogP contribution in [0.2, 0.25) is 0 Å². The van der Waals surface area contributed by atoms with Gasteiger partial charge in [-0.3, -0.25) is 4.18 Å². The molecule has 0 amide bonds. The lowest BCUT2D eigenvalue weighted by Gasteiger charge is -2.36. The molecule has 0 aliphatic heterocycles. The van der Waals surface area contributed by atoms with E-state index in [1.165, 1.54) is 0 Å². The van der Waals surface area contributed by atoms with E-state index in [0.717, 1.165) is 24.8 Å². The van der Waals surface area contributed by atoms with Crippen molar-refractivity contribution in [2.24, 2.45) is 17.8 Å². The molecule has 3 nitrogen and oxygen atoms in total. The molecule has 1 aliphatic carbocycles. The van der Waals surface area contributed by atoms with E-state index in [1.54, 1.807) is 24.3 Å². The van der Waals surface area contributed by atoms with E-state index in [4.69, 9.17) is 4.18 Å². The van der Waals surface area contributed by atoms with Crippen LogP contribution in [0.5, 0.6) is 0 Å². The highest BCUT2D eigenvalue weighted by Gasteiger charge is 2.35. The maximum atomic E-state index is 12.5. The zero-order valence-electron chi connectivity index (χ0n) is 13.4. The van der Waals surface area contributed by atoms with Crippen LogP contribution in [0.25, 0.3) is 0 Å². The summed E-state index contributed by atoms with van der Waals surface area (Å²) in [4.78, 5) is 0.258. The molecule has 0 saturated heterocycles. The second-order valence-electron chi connectivity index (χ2n) is 6.73. The van der Waals surface area contributed by atoms with Crippen LogP contribution in [0.1, 0.15) is 45.6 Å². The number of hydrogen-bond acceptors (Lipinski definition) is 3. The fraction of sp³-hybridized carbons (Fsp3) is 0.647. The molecule has 1 aromatic rings. The summed E-state index contributed by atoms with van der Waals surface area (Å²) in [6.45, 7) is 8.41. The Hall–Kier alpha value is -0.870. The van der Waals surface area contributed by atoms with E-state index >= 15 is 0 Å². The van der Waals surface area contributed by atoms with Crippen molar-refractivity contribution in [2.75, 3.05) is 0 Å². The summed E-state index contributed by atoms with van der Waals surface area (Å²) in [5.74, 6) is 1.29. The Labute approximate surface area is 128 Å². The summed E-state index contributed by atoms with van der Waals surface area (Å²) in [5.41, 5.74) is 1.04. The van der Waals surface area contributed by atoms with Crippen LogP contribution >= 0.6 is 0 Å². The van der Waals surface area contributed by atoms with E-state index in [9.17, 15) is 8.42 Å². The van der Waals surface area contributed by atoms with Crippen LogP contribution in [0.4, 0.5) is 0 Å². The van der Waals surface area contributed by atoms with Crippen LogP contribution in [0, 0.1) is 24.7 Å².